The summed E-state index contributed by atoms with van der Waals surface area (Å²) in [5.74, 6) is -0.876. The zero-order valence-corrected chi connectivity index (χ0v) is 19.2. The van der Waals surface area contributed by atoms with Gasteiger partial charge in [-0.2, -0.15) is 4.73 Å². The molecular weight excluding hydrogens is 467 g/mol. The third-order valence-electron chi connectivity index (χ3n) is 5.93. The number of benzene rings is 3. The number of hydrogen-bond acceptors (Lipinski definition) is 3. The fourth-order valence-electron chi connectivity index (χ4n) is 4.25. The first-order valence-corrected chi connectivity index (χ1v) is 11.3. The van der Waals surface area contributed by atoms with Crippen molar-refractivity contribution in [3.63, 3.8) is 0 Å². The van der Waals surface area contributed by atoms with Crippen molar-refractivity contribution >= 4 is 28.5 Å². The molecule has 174 valence electrons. The van der Waals surface area contributed by atoms with E-state index in [0.29, 0.717) is 45.1 Å². The van der Waals surface area contributed by atoms with Crippen LogP contribution in [0.5, 0.6) is 0 Å². The van der Waals surface area contributed by atoms with Crippen LogP contribution >= 0.6 is 11.6 Å². The second-order valence-electron chi connectivity index (χ2n) is 8.25. The van der Waals surface area contributed by atoms with Crippen molar-refractivity contribution in [1.29, 1.82) is 0 Å². The number of nitrogens with one attached hydrogen (secondary N) is 1. The molecule has 1 amide bonds. The number of carbonyl (C=O) groups excluding carboxylic acids is 1. The number of nitrogens with two attached hydrogens (primary N) is 1. The van der Waals surface area contributed by atoms with E-state index in [-0.39, 0.29) is 11.4 Å². The highest BCUT2D eigenvalue weighted by Crippen LogP contribution is 2.30. The Morgan fingerprint density at radius 1 is 1.09 bits per heavy atom. The monoisotopic (exact) mass is 486 g/mol. The predicted molar refractivity (Wildman–Crippen MR) is 132 cm³/mol. The smallest absolute Gasteiger partial charge is 0.249 e. The minimum atomic E-state index is -0.616. The second kappa shape index (κ2) is 9.19. The zero-order valence-electron chi connectivity index (χ0n) is 18.4. The Kier molecular flexibility index (Phi) is 5.93. The highest BCUT2D eigenvalue weighted by molar-refractivity contribution is 6.31. The quantitative estimate of drug-likeness (QED) is 0.257. The minimum absolute atomic E-state index is 0.266. The van der Waals surface area contributed by atoms with E-state index < -0.39 is 11.8 Å². The Morgan fingerprint density at radius 2 is 1.89 bits per heavy atom. The summed E-state index contributed by atoms with van der Waals surface area (Å²) in [4.78, 5) is 19.7. The van der Waals surface area contributed by atoms with Crippen LogP contribution in [0, 0.1) is 11.0 Å². The van der Waals surface area contributed by atoms with Gasteiger partial charge in [-0.25, -0.2) is 9.37 Å². The van der Waals surface area contributed by atoms with Gasteiger partial charge in [0.2, 0.25) is 11.6 Å². The Hall–Kier alpha value is -4.23. The van der Waals surface area contributed by atoms with E-state index in [0.717, 1.165) is 10.3 Å². The Morgan fingerprint density at radius 3 is 2.63 bits per heavy atom. The van der Waals surface area contributed by atoms with E-state index in [2.05, 4.69) is 9.97 Å². The number of aromatic nitrogens is 3. The third-order valence-corrected chi connectivity index (χ3v) is 6.17. The number of nitrogens with zero attached hydrogens (tertiary/aromatic N) is 2. The summed E-state index contributed by atoms with van der Waals surface area (Å²) in [6, 6.07) is 22.2. The van der Waals surface area contributed by atoms with Crippen molar-refractivity contribution in [1.82, 2.24) is 9.97 Å². The first kappa shape index (κ1) is 22.6. The van der Waals surface area contributed by atoms with E-state index >= 15 is 0 Å². The zero-order chi connectivity index (χ0) is 24.5. The average Bonchev–Trinajstić information content (AvgIpc) is 3.26. The maximum absolute atomic E-state index is 13.8. The van der Waals surface area contributed by atoms with Gasteiger partial charge in [0, 0.05) is 27.8 Å². The summed E-state index contributed by atoms with van der Waals surface area (Å²) in [7, 11) is 0. The summed E-state index contributed by atoms with van der Waals surface area (Å²) in [6.07, 6.45) is 1.89. The molecule has 0 aliphatic carbocycles. The number of H-pyrrole nitrogens is 1. The van der Waals surface area contributed by atoms with Crippen molar-refractivity contribution < 1.29 is 13.9 Å². The van der Waals surface area contributed by atoms with Crippen molar-refractivity contribution in [2.75, 3.05) is 0 Å². The normalized spacial score (nSPS) is 12.1. The van der Waals surface area contributed by atoms with Crippen molar-refractivity contribution in [3.05, 3.63) is 124 Å². The van der Waals surface area contributed by atoms with Gasteiger partial charge < -0.3 is 15.9 Å². The first-order chi connectivity index (χ1) is 16.9. The lowest BCUT2D eigenvalue weighted by molar-refractivity contribution is -0.614. The first-order valence-electron chi connectivity index (χ1n) is 10.9. The van der Waals surface area contributed by atoms with E-state index in [1.165, 1.54) is 24.4 Å². The number of aromatic amines is 1. The molecule has 8 heteroatoms. The molecular formula is C27H20ClFN4O2. The van der Waals surface area contributed by atoms with Crippen LogP contribution in [0.2, 0.25) is 5.02 Å². The maximum atomic E-state index is 13.8. The molecule has 0 saturated heterocycles. The number of fused-ring (bicyclic) bond motifs is 1. The molecule has 3 N–H and O–H groups in total. The SMILES string of the molecule is NC(=O)c1ccc(Cl)cc1-c1ccc([C@@H](Cc2ccccc2)c2nc3ccc(F)cc3[nH]2)[n+]([O-])c1. The van der Waals surface area contributed by atoms with Gasteiger partial charge in [-0.3, -0.25) is 4.79 Å². The topological polar surface area (TPSA) is 98.7 Å². The number of rotatable bonds is 6. The molecule has 0 unspecified atom stereocenters. The number of hydrogen-bond donors (Lipinski definition) is 2. The van der Waals surface area contributed by atoms with E-state index in [1.54, 1.807) is 30.3 Å². The van der Waals surface area contributed by atoms with Gasteiger partial charge >= 0.3 is 0 Å². The number of halogens is 2. The van der Waals surface area contributed by atoms with Gasteiger partial charge in [0.05, 0.1) is 11.0 Å². The molecule has 5 rings (SSSR count). The van der Waals surface area contributed by atoms with Crippen molar-refractivity contribution in [2.24, 2.45) is 5.73 Å². The molecule has 0 saturated carbocycles. The van der Waals surface area contributed by atoms with Crippen LogP contribution in [0.3, 0.4) is 0 Å². The fourth-order valence-corrected chi connectivity index (χ4v) is 4.42. The summed E-state index contributed by atoms with van der Waals surface area (Å²) in [5, 5.41) is 13.7. The molecule has 3 aromatic carbocycles. The number of primary amides is 1. The predicted octanol–water partition coefficient (Wildman–Crippen LogP) is 5.13. The highest BCUT2D eigenvalue weighted by Gasteiger charge is 2.27. The molecule has 0 bridgehead atoms. The molecule has 6 nitrogen and oxygen atoms in total. The summed E-state index contributed by atoms with van der Waals surface area (Å²) >= 11 is 6.14. The molecule has 0 fully saturated rings. The Bertz CT molecular complexity index is 1550. The van der Waals surface area contributed by atoms with Gasteiger partial charge in [-0.1, -0.05) is 41.9 Å². The molecule has 0 aliphatic rings. The van der Waals surface area contributed by atoms with Gasteiger partial charge in [-0.15, -0.1) is 0 Å². The summed E-state index contributed by atoms with van der Waals surface area (Å²) < 4.78 is 14.5. The summed E-state index contributed by atoms with van der Waals surface area (Å²) in [6.45, 7) is 0. The van der Waals surface area contributed by atoms with E-state index in [9.17, 15) is 14.4 Å². The highest BCUT2D eigenvalue weighted by atomic mass is 35.5. The summed E-state index contributed by atoms with van der Waals surface area (Å²) in [5.41, 5.74) is 9.38. The van der Waals surface area contributed by atoms with E-state index in [4.69, 9.17) is 17.3 Å². The van der Waals surface area contributed by atoms with Crippen LogP contribution in [0.15, 0.2) is 85.1 Å². The van der Waals surface area contributed by atoms with Gasteiger partial charge in [0.25, 0.3) is 0 Å². The minimum Gasteiger partial charge on any atom is -0.618 e. The molecule has 0 spiro atoms. The molecule has 0 aliphatic heterocycles. The van der Waals surface area contributed by atoms with Gasteiger partial charge in [-0.05, 0) is 54.4 Å². The largest absolute Gasteiger partial charge is 0.618 e. The van der Waals surface area contributed by atoms with Gasteiger partial charge in [0.15, 0.2) is 6.20 Å². The Balaban J connectivity index is 1.61. The maximum Gasteiger partial charge on any atom is 0.249 e. The van der Waals surface area contributed by atoms with E-state index in [1.807, 2.05) is 30.3 Å². The molecule has 2 heterocycles. The lowest BCUT2D eigenvalue weighted by Crippen LogP contribution is -2.34. The standard InChI is InChI=1S/C27H20ClFN4O2/c28-18-7-9-20(26(30)34)21(13-18)17-6-11-25(33(35)15-17)22(12-16-4-2-1-3-5-16)27-31-23-10-8-19(29)14-24(23)32-27/h1-11,13-15,22H,12H2,(H2,30,34)(H,31,32)/t22-/m1/s1. The molecule has 35 heavy (non-hydrogen) atoms. The van der Waals surface area contributed by atoms with Crippen molar-refractivity contribution in [3.8, 4) is 11.1 Å². The second-order valence-corrected chi connectivity index (χ2v) is 8.68. The Labute approximate surface area is 205 Å². The number of amides is 1. The number of carbonyl (C=O) groups is 1. The average molecular weight is 487 g/mol. The lowest BCUT2D eigenvalue weighted by atomic mass is 9.93. The number of imidazole rings is 1. The fraction of sp³-hybridized carbons (Fsp3) is 0.0741. The van der Waals surface area contributed by atoms with Crippen LogP contribution in [0.1, 0.15) is 33.4 Å². The third kappa shape index (κ3) is 4.58. The molecule has 1 atom stereocenters. The van der Waals surface area contributed by atoms with Crippen molar-refractivity contribution in [2.45, 2.75) is 12.3 Å². The molecule has 2 aromatic heterocycles. The van der Waals surface area contributed by atoms with Crippen LogP contribution in [0.25, 0.3) is 22.2 Å². The number of pyridine rings is 1. The molecule has 5 aromatic rings. The lowest BCUT2D eigenvalue weighted by Gasteiger charge is -2.16. The van der Waals surface area contributed by atoms with Crippen LogP contribution in [-0.2, 0) is 6.42 Å². The van der Waals surface area contributed by atoms with Crippen LogP contribution < -0.4 is 10.5 Å². The van der Waals surface area contributed by atoms with Crippen LogP contribution in [0.4, 0.5) is 4.39 Å². The van der Waals surface area contributed by atoms with Gasteiger partial charge in [0.1, 0.15) is 17.6 Å². The molecule has 0 radical (unpaired) electrons. The van der Waals surface area contributed by atoms with Crippen LogP contribution in [-0.4, -0.2) is 15.9 Å².